The second-order valence-corrected chi connectivity index (χ2v) is 7.02. The van der Waals surface area contributed by atoms with Gasteiger partial charge >= 0.3 is 0 Å². The van der Waals surface area contributed by atoms with Crippen LogP contribution in [0.2, 0.25) is 0 Å². The summed E-state index contributed by atoms with van der Waals surface area (Å²) in [4.78, 5) is 14.6. The summed E-state index contributed by atoms with van der Waals surface area (Å²) >= 11 is 0. The Balaban J connectivity index is 1.89. The first-order valence-corrected chi connectivity index (χ1v) is 9.31. The number of rotatable bonds is 8. The largest absolute Gasteiger partial charge is 0.493 e. The van der Waals surface area contributed by atoms with Crippen LogP contribution in [0.25, 0.3) is 0 Å². The van der Waals surface area contributed by atoms with Crippen LogP contribution in [0.15, 0.2) is 18.2 Å². The number of carbonyl (C=O) groups is 1. The lowest BCUT2D eigenvalue weighted by Gasteiger charge is -2.34. The van der Waals surface area contributed by atoms with Crippen LogP contribution in [0.3, 0.4) is 0 Å². The first-order chi connectivity index (χ1) is 13.0. The standard InChI is InChI=1S/C19H27N5O3/c1-5-6-11-24-18(20-21-22-24)19(2)10-9-17(25)23(19)13-14-7-8-15(26-3)16(12-14)27-4/h7-8,12H,5-6,9-11,13H2,1-4H3. The van der Waals surface area contributed by atoms with Crippen molar-refractivity contribution < 1.29 is 14.3 Å². The Labute approximate surface area is 159 Å². The number of hydrogen-bond donors (Lipinski definition) is 0. The van der Waals surface area contributed by atoms with Gasteiger partial charge in [-0.25, -0.2) is 4.68 Å². The van der Waals surface area contributed by atoms with Crippen LogP contribution in [-0.4, -0.2) is 45.2 Å². The summed E-state index contributed by atoms with van der Waals surface area (Å²) in [5.74, 6) is 2.18. The molecule has 8 heteroatoms. The van der Waals surface area contributed by atoms with Gasteiger partial charge in [-0.05, 0) is 47.9 Å². The van der Waals surface area contributed by atoms with Crippen molar-refractivity contribution in [2.75, 3.05) is 14.2 Å². The third-order valence-electron chi connectivity index (χ3n) is 5.25. The highest BCUT2D eigenvalue weighted by atomic mass is 16.5. The minimum Gasteiger partial charge on any atom is -0.493 e. The summed E-state index contributed by atoms with van der Waals surface area (Å²) < 4.78 is 12.5. The fraction of sp³-hybridized carbons (Fsp3) is 0.579. The van der Waals surface area contributed by atoms with E-state index >= 15 is 0 Å². The molecule has 27 heavy (non-hydrogen) atoms. The van der Waals surface area contributed by atoms with Gasteiger partial charge in [-0.2, -0.15) is 0 Å². The number of hydrogen-bond acceptors (Lipinski definition) is 6. The zero-order valence-corrected chi connectivity index (χ0v) is 16.4. The molecule has 8 nitrogen and oxygen atoms in total. The number of benzene rings is 1. The second kappa shape index (κ2) is 7.94. The van der Waals surface area contributed by atoms with Crippen LogP contribution in [0.4, 0.5) is 0 Å². The molecule has 1 atom stereocenters. The normalized spacial score (nSPS) is 19.6. The number of amides is 1. The lowest BCUT2D eigenvalue weighted by Crippen LogP contribution is -2.42. The summed E-state index contributed by atoms with van der Waals surface area (Å²) in [6, 6.07) is 5.72. The molecule has 0 N–H and O–H groups in total. The number of methoxy groups -OCH3 is 2. The second-order valence-electron chi connectivity index (χ2n) is 7.02. The number of unbranched alkanes of at least 4 members (excludes halogenated alkanes) is 1. The van der Waals surface area contributed by atoms with Crippen LogP contribution >= 0.6 is 0 Å². The Morgan fingerprint density at radius 1 is 1.22 bits per heavy atom. The minimum absolute atomic E-state index is 0.109. The third-order valence-corrected chi connectivity index (χ3v) is 5.25. The first-order valence-electron chi connectivity index (χ1n) is 9.31. The number of nitrogens with zero attached hydrogens (tertiary/aromatic N) is 5. The molecular weight excluding hydrogens is 346 g/mol. The molecule has 0 saturated carbocycles. The van der Waals surface area contributed by atoms with Gasteiger partial charge in [-0.1, -0.05) is 19.4 Å². The number of carbonyl (C=O) groups excluding carboxylic acids is 1. The van der Waals surface area contributed by atoms with Gasteiger partial charge in [0.15, 0.2) is 17.3 Å². The Morgan fingerprint density at radius 3 is 2.70 bits per heavy atom. The summed E-state index contributed by atoms with van der Waals surface area (Å²) in [5.41, 5.74) is 0.448. The van der Waals surface area contributed by atoms with E-state index in [0.29, 0.717) is 30.9 Å². The molecule has 0 radical (unpaired) electrons. The molecule has 2 aromatic rings. The molecule has 1 amide bonds. The molecule has 1 saturated heterocycles. The molecule has 1 aliphatic heterocycles. The highest BCUT2D eigenvalue weighted by Gasteiger charge is 2.46. The predicted octanol–water partition coefficient (Wildman–Crippen LogP) is 2.53. The highest BCUT2D eigenvalue weighted by Crippen LogP contribution is 2.40. The third kappa shape index (κ3) is 3.61. The van der Waals surface area contributed by atoms with Gasteiger partial charge in [0.2, 0.25) is 5.91 Å². The van der Waals surface area contributed by atoms with E-state index in [1.165, 1.54) is 0 Å². The lowest BCUT2D eigenvalue weighted by molar-refractivity contribution is -0.132. The van der Waals surface area contributed by atoms with Gasteiger partial charge in [-0.3, -0.25) is 4.79 Å². The molecule has 146 valence electrons. The topological polar surface area (TPSA) is 82.4 Å². The Kier molecular flexibility index (Phi) is 5.62. The van der Waals surface area contributed by atoms with Gasteiger partial charge in [0.05, 0.1) is 14.2 Å². The van der Waals surface area contributed by atoms with Gasteiger partial charge < -0.3 is 14.4 Å². The first kappa shape index (κ1) is 19.1. The van der Waals surface area contributed by atoms with Crippen LogP contribution in [0, 0.1) is 0 Å². The molecule has 0 spiro atoms. The number of aromatic nitrogens is 4. The molecule has 1 fully saturated rings. The van der Waals surface area contributed by atoms with E-state index in [4.69, 9.17) is 9.47 Å². The average Bonchev–Trinajstić information content (AvgIpc) is 3.27. The molecule has 1 aliphatic rings. The number of tetrazole rings is 1. The summed E-state index contributed by atoms with van der Waals surface area (Å²) in [5, 5.41) is 12.3. The van der Waals surface area contributed by atoms with Crippen molar-refractivity contribution in [3.63, 3.8) is 0 Å². The Morgan fingerprint density at radius 2 is 2.00 bits per heavy atom. The molecule has 0 aliphatic carbocycles. The Bertz CT molecular complexity index is 806. The number of likely N-dealkylation sites (tertiary alicyclic amines) is 1. The van der Waals surface area contributed by atoms with Crippen molar-refractivity contribution in [3.05, 3.63) is 29.6 Å². The van der Waals surface area contributed by atoms with Crippen LogP contribution < -0.4 is 9.47 Å². The quantitative estimate of drug-likeness (QED) is 0.707. The van der Waals surface area contributed by atoms with E-state index in [2.05, 4.69) is 22.4 Å². The van der Waals surface area contributed by atoms with Crippen molar-refractivity contribution in [2.24, 2.45) is 0 Å². The van der Waals surface area contributed by atoms with Crippen molar-refractivity contribution in [3.8, 4) is 11.5 Å². The monoisotopic (exact) mass is 373 g/mol. The molecular formula is C19H27N5O3. The van der Waals surface area contributed by atoms with E-state index in [1.807, 2.05) is 34.7 Å². The molecule has 2 heterocycles. The fourth-order valence-electron chi connectivity index (χ4n) is 3.60. The molecule has 1 aromatic carbocycles. The van der Waals surface area contributed by atoms with Gasteiger partial charge in [0.25, 0.3) is 0 Å². The average molecular weight is 373 g/mol. The lowest BCUT2D eigenvalue weighted by atomic mass is 9.97. The van der Waals surface area contributed by atoms with E-state index < -0.39 is 5.54 Å². The van der Waals surface area contributed by atoms with Crippen molar-refractivity contribution in [2.45, 2.75) is 58.2 Å². The zero-order valence-electron chi connectivity index (χ0n) is 16.4. The maximum absolute atomic E-state index is 12.7. The van der Waals surface area contributed by atoms with Crippen molar-refractivity contribution >= 4 is 5.91 Å². The van der Waals surface area contributed by atoms with E-state index in [-0.39, 0.29) is 5.91 Å². The highest BCUT2D eigenvalue weighted by molar-refractivity contribution is 5.79. The maximum Gasteiger partial charge on any atom is 0.223 e. The van der Waals surface area contributed by atoms with E-state index in [9.17, 15) is 4.79 Å². The summed E-state index contributed by atoms with van der Waals surface area (Å²) in [6.07, 6.45) is 3.25. The maximum atomic E-state index is 12.7. The number of aryl methyl sites for hydroxylation is 1. The molecule has 1 aromatic heterocycles. The SMILES string of the molecule is CCCCn1nnnc1C1(C)CCC(=O)N1Cc1ccc(OC)c(OC)c1. The van der Waals surface area contributed by atoms with Crippen molar-refractivity contribution in [1.29, 1.82) is 0 Å². The van der Waals surface area contributed by atoms with Crippen LogP contribution in [-0.2, 0) is 23.4 Å². The summed E-state index contributed by atoms with van der Waals surface area (Å²) in [6.45, 7) is 5.41. The van der Waals surface area contributed by atoms with E-state index in [1.54, 1.807) is 14.2 Å². The van der Waals surface area contributed by atoms with Crippen LogP contribution in [0.1, 0.15) is 50.9 Å². The fourth-order valence-corrected chi connectivity index (χ4v) is 3.60. The van der Waals surface area contributed by atoms with E-state index in [0.717, 1.165) is 30.8 Å². The summed E-state index contributed by atoms with van der Waals surface area (Å²) in [7, 11) is 3.21. The van der Waals surface area contributed by atoms with Gasteiger partial charge in [0.1, 0.15) is 5.54 Å². The molecule has 1 unspecified atom stereocenters. The predicted molar refractivity (Wildman–Crippen MR) is 99.4 cm³/mol. The minimum atomic E-state index is -0.526. The van der Waals surface area contributed by atoms with Crippen molar-refractivity contribution in [1.82, 2.24) is 25.1 Å². The van der Waals surface area contributed by atoms with Gasteiger partial charge in [-0.15, -0.1) is 5.10 Å². The molecule has 0 bridgehead atoms. The number of ether oxygens (including phenoxy) is 2. The Hall–Kier alpha value is -2.64. The van der Waals surface area contributed by atoms with Gasteiger partial charge in [0, 0.05) is 19.5 Å². The molecule has 3 rings (SSSR count). The smallest absolute Gasteiger partial charge is 0.223 e. The zero-order chi connectivity index (χ0) is 19.4. The van der Waals surface area contributed by atoms with Crippen LogP contribution in [0.5, 0.6) is 11.5 Å².